The molecule has 4 nitrogen and oxygen atoms in total. The lowest BCUT2D eigenvalue weighted by Crippen LogP contribution is -2.26. The molecule has 4 N–H and O–H groups in total. The molecule has 0 unspecified atom stereocenters. The number of pyridine rings is 2. The standard InChI is InChI=1S/C12H14N4/c13-11(9-3-1-5-15-7-9)12(14)10-4-2-6-16-8-10/h1-8,11-12H,13-14H2/t11-,12-/m0/s1. The van der Waals surface area contributed by atoms with E-state index in [-0.39, 0.29) is 12.1 Å². The van der Waals surface area contributed by atoms with Gasteiger partial charge < -0.3 is 11.5 Å². The van der Waals surface area contributed by atoms with Crippen LogP contribution in [0.25, 0.3) is 0 Å². The molecule has 16 heavy (non-hydrogen) atoms. The van der Waals surface area contributed by atoms with Gasteiger partial charge in [-0.1, -0.05) is 12.1 Å². The van der Waals surface area contributed by atoms with Crippen LogP contribution >= 0.6 is 0 Å². The van der Waals surface area contributed by atoms with Gasteiger partial charge in [-0.2, -0.15) is 0 Å². The Bertz CT molecular complexity index is 386. The Hall–Kier alpha value is -1.78. The highest BCUT2D eigenvalue weighted by Crippen LogP contribution is 2.22. The van der Waals surface area contributed by atoms with Crippen LogP contribution in [0.5, 0.6) is 0 Å². The van der Waals surface area contributed by atoms with Gasteiger partial charge >= 0.3 is 0 Å². The number of rotatable bonds is 3. The van der Waals surface area contributed by atoms with Crippen LogP contribution in [-0.4, -0.2) is 9.97 Å². The molecule has 0 amide bonds. The lowest BCUT2D eigenvalue weighted by atomic mass is 9.97. The minimum atomic E-state index is -0.266. The van der Waals surface area contributed by atoms with Crippen LogP contribution in [0, 0.1) is 0 Å². The largest absolute Gasteiger partial charge is 0.322 e. The molecule has 0 radical (unpaired) electrons. The molecule has 2 aromatic rings. The highest BCUT2D eigenvalue weighted by Gasteiger charge is 2.17. The second kappa shape index (κ2) is 4.83. The Kier molecular flexibility index (Phi) is 3.24. The summed E-state index contributed by atoms with van der Waals surface area (Å²) in [6.07, 6.45) is 6.90. The predicted molar refractivity (Wildman–Crippen MR) is 62.3 cm³/mol. The third kappa shape index (κ3) is 2.24. The molecule has 2 aromatic heterocycles. The van der Waals surface area contributed by atoms with Gasteiger partial charge in [-0.05, 0) is 23.3 Å². The van der Waals surface area contributed by atoms with Crippen molar-refractivity contribution in [3.63, 3.8) is 0 Å². The second-order valence-electron chi connectivity index (χ2n) is 3.62. The summed E-state index contributed by atoms with van der Waals surface area (Å²) >= 11 is 0. The minimum Gasteiger partial charge on any atom is -0.322 e. The number of aromatic nitrogens is 2. The second-order valence-corrected chi connectivity index (χ2v) is 3.62. The lowest BCUT2D eigenvalue weighted by Gasteiger charge is -2.19. The SMILES string of the molecule is N[C@@H](c1cccnc1)[C@@H](N)c1cccnc1. The molecule has 0 spiro atoms. The van der Waals surface area contributed by atoms with Gasteiger partial charge in [0.25, 0.3) is 0 Å². The predicted octanol–water partition coefficient (Wildman–Crippen LogP) is 1.18. The Morgan fingerprint density at radius 1 is 0.812 bits per heavy atom. The molecule has 82 valence electrons. The molecule has 2 atom stereocenters. The maximum Gasteiger partial charge on any atom is 0.0507 e. The summed E-state index contributed by atoms with van der Waals surface area (Å²) < 4.78 is 0. The summed E-state index contributed by atoms with van der Waals surface area (Å²) in [5.41, 5.74) is 14.0. The quantitative estimate of drug-likeness (QED) is 0.804. The van der Waals surface area contributed by atoms with Crippen molar-refractivity contribution in [1.82, 2.24) is 9.97 Å². The van der Waals surface area contributed by atoms with Gasteiger partial charge in [0.15, 0.2) is 0 Å². The van der Waals surface area contributed by atoms with Gasteiger partial charge in [0, 0.05) is 24.8 Å². The zero-order valence-corrected chi connectivity index (χ0v) is 8.82. The van der Waals surface area contributed by atoms with Crippen molar-refractivity contribution in [2.24, 2.45) is 11.5 Å². The lowest BCUT2D eigenvalue weighted by molar-refractivity contribution is 0.571. The average Bonchev–Trinajstić information content (AvgIpc) is 2.39. The fraction of sp³-hybridized carbons (Fsp3) is 0.167. The molecular formula is C12H14N4. The number of nitrogens with two attached hydrogens (primary N) is 2. The maximum absolute atomic E-state index is 6.08. The molecule has 4 heteroatoms. The molecule has 2 heterocycles. The van der Waals surface area contributed by atoms with Gasteiger partial charge in [-0.15, -0.1) is 0 Å². The highest BCUT2D eigenvalue weighted by atomic mass is 14.8. The van der Waals surface area contributed by atoms with Gasteiger partial charge in [-0.25, -0.2) is 0 Å². The number of hydrogen-bond donors (Lipinski definition) is 2. The summed E-state index contributed by atoms with van der Waals surface area (Å²) in [6.45, 7) is 0. The summed E-state index contributed by atoms with van der Waals surface area (Å²) in [6, 6.07) is 7.02. The maximum atomic E-state index is 6.08. The minimum absolute atomic E-state index is 0.266. The topological polar surface area (TPSA) is 77.8 Å². The van der Waals surface area contributed by atoms with Crippen LogP contribution in [-0.2, 0) is 0 Å². The first-order chi connectivity index (χ1) is 7.79. The van der Waals surface area contributed by atoms with Crippen LogP contribution in [0.2, 0.25) is 0 Å². The zero-order chi connectivity index (χ0) is 11.4. The molecule has 0 aliphatic heterocycles. The van der Waals surface area contributed by atoms with E-state index in [0.717, 1.165) is 11.1 Å². The fourth-order valence-corrected chi connectivity index (χ4v) is 1.56. The first-order valence-corrected chi connectivity index (χ1v) is 5.10. The Morgan fingerprint density at radius 2 is 1.25 bits per heavy atom. The van der Waals surface area contributed by atoms with E-state index in [1.54, 1.807) is 24.8 Å². The van der Waals surface area contributed by atoms with Crippen LogP contribution in [0.1, 0.15) is 23.2 Å². The first kappa shape index (κ1) is 10.7. The molecule has 0 aromatic carbocycles. The zero-order valence-electron chi connectivity index (χ0n) is 8.82. The van der Waals surface area contributed by atoms with E-state index >= 15 is 0 Å². The molecule has 0 saturated carbocycles. The van der Waals surface area contributed by atoms with Crippen LogP contribution in [0.3, 0.4) is 0 Å². The normalized spacial score (nSPS) is 14.4. The smallest absolute Gasteiger partial charge is 0.0507 e. The van der Waals surface area contributed by atoms with Crippen molar-refractivity contribution in [3.05, 3.63) is 60.2 Å². The Balaban J connectivity index is 2.20. The molecule has 0 aliphatic carbocycles. The molecule has 0 aliphatic rings. The van der Waals surface area contributed by atoms with Gasteiger partial charge in [0.1, 0.15) is 0 Å². The van der Waals surface area contributed by atoms with E-state index in [0.29, 0.717) is 0 Å². The van der Waals surface area contributed by atoms with Crippen molar-refractivity contribution >= 4 is 0 Å². The summed E-state index contributed by atoms with van der Waals surface area (Å²) in [7, 11) is 0. The third-order valence-electron chi connectivity index (χ3n) is 2.53. The fourth-order valence-electron chi connectivity index (χ4n) is 1.56. The Labute approximate surface area is 94.3 Å². The van der Waals surface area contributed by atoms with Crippen LogP contribution < -0.4 is 11.5 Å². The van der Waals surface area contributed by atoms with E-state index < -0.39 is 0 Å². The van der Waals surface area contributed by atoms with Gasteiger partial charge in [0.05, 0.1) is 12.1 Å². The molecule has 0 bridgehead atoms. The number of nitrogens with zero attached hydrogens (tertiary/aromatic N) is 2. The van der Waals surface area contributed by atoms with E-state index in [4.69, 9.17) is 11.5 Å². The molecule has 0 fully saturated rings. The van der Waals surface area contributed by atoms with Crippen LogP contribution in [0.4, 0.5) is 0 Å². The van der Waals surface area contributed by atoms with Crippen molar-refractivity contribution in [3.8, 4) is 0 Å². The summed E-state index contributed by atoms with van der Waals surface area (Å²) in [5.74, 6) is 0. The van der Waals surface area contributed by atoms with Crippen LogP contribution in [0.15, 0.2) is 49.1 Å². The van der Waals surface area contributed by atoms with Crippen molar-refractivity contribution in [2.75, 3.05) is 0 Å². The monoisotopic (exact) mass is 214 g/mol. The third-order valence-corrected chi connectivity index (χ3v) is 2.53. The summed E-state index contributed by atoms with van der Waals surface area (Å²) in [5, 5.41) is 0. The average molecular weight is 214 g/mol. The highest BCUT2D eigenvalue weighted by molar-refractivity contribution is 5.22. The van der Waals surface area contributed by atoms with E-state index in [2.05, 4.69) is 9.97 Å². The van der Waals surface area contributed by atoms with Gasteiger partial charge in [0.2, 0.25) is 0 Å². The molecular weight excluding hydrogens is 200 g/mol. The molecule has 2 rings (SSSR count). The van der Waals surface area contributed by atoms with E-state index in [1.165, 1.54) is 0 Å². The molecule has 0 saturated heterocycles. The van der Waals surface area contributed by atoms with Crippen molar-refractivity contribution in [2.45, 2.75) is 12.1 Å². The van der Waals surface area contributed by atoms with E-state index in [9.17, 15) is 0 Å². The van der Waals surface area contributed by atoms with E-state index in [1.807, 2.05) is 24.3 Å². The van der Waals surface area contributed by atoms with Crippen molar-refractivity contribution in [1.29, 1.82) is 0 Å². The first-order valence-electron chi connectivity index (χ1n) is 5.10. The Morgan fingerprint density at radius 3 is 1.56 bits per heavy atom. The number of hydrogen-bond acceptors (Lipinski definition) is 4. The van der Waals surface area contributed by atoms with Crippen molar-refractivity contribution < 1.29 is 0 Å². The van der Waals surface area contributed by atoms with Gasteiger partial charge in [-0.3, -0.25) is 9.97 Å². The summed E-state index contributed by atoms with van der Waals surface area (Å²) in [4.78, 5) is 8.06.